The highest BCUT2D eigenvalue weighted by Crippen LogP contribution is 2.30. The Balaban J connectivity index is 1.43. The smallest absolute Gasteiger partial charge is 0.416 e. The highest BCUT2D eigenvalue weighted by atomic mass is 28.3. The van der Waals surface area contributed by atoms with Crippen LogP contribution in [0.1, 0.15) is 38.7 Å². The van der Waals surface area contributed by atoms with Crippen LogP contribution >= 0.6 is 0 Å². The van der Waals surface area contributed by atoms with Crippen molar-refractivity contribution < 1.29 is 23.8 Å². The summed E-state index contributed by atoms with van der Waals surface area (Å²) in [5.41, 5.74) is 1.09. The maximum atomic E-state index is 13.0. The van der Waals surface area contributed by atoms with Crippen molar-refractivity contribution in [2.75, 3.05) is 13.2 Å². The number of nitrogens with zero attached hydrogens (tertiary/aromatic N) is 1. The predicted molar refractivity (Wildman–Crippen MR) is 136 cm³/mol. The van der Waals surface area contributed by atoms with Crippen LogP contribution < -0.4 is 0 Å². The Morgan fingerprint density at radius 2 is 1.97 bits per heavy atom. The van der Waals surface area contributed by atoms with Crippen molar-refractivity contribution in [3.8, 4) is 0 Å². The maximum Gasteiger partial charge on any atom is 0.416 e. The molecular formula is C27H41NO5Si. The van der Waals surface area contributed by atoms with Gasteiger partial charge < -0.3 is 14.2 Å². The Labute approximate surface area is 205 Å². The molecule has 2 aliphatic heterocycles. The molecule has 0 bridgehead atoms. The predicted octanol–water partition coefficient (Wildman–Crippen LogP) is 5.65. The SMILES string of the molecule is C[C@@H](CC=CC[C@@H]1O[C@@H](OCC[Si](C)(C)C)C[C@@H]1C)C(=O)N1C(=O)OC[C@H]1Cc1ccccc1. The lowest BCUT2D eigenvalue weighted by atomic mass is 9.99. The number of carbonyl (C=O) groups is 2. The molecule has 2 saturated heterocycles. The van der Waals surface area contributed by atoms with Crippen LogP contribution in [0.25, 0.3) is 0 Å². The van der Waals surface area contributed by atoms with Crippen LogP contribution in [0.2, 0.25) is 25.7 Å². The average Bonchev–Trinajstić information content (AvgIpc) is 3.32. The lowest BCUT2D eigenvalue weighted by Gasteiger charge is -2.22. The Morgan fingerprint density at radius 3 is 2.68 bits per heavy atom. The fraction of sp³-hybridized carbons (Fsp3) is 0.630. The molecule has 2 aliphatic rings. The summed E-state index contributed by atoms with van der Waals surface area (Å²) in [7, 11) is -1.10. The van der Waals surface area contributed by atoms with Crippen molar-refractivity contribution in [3.63, 3.8) is 0 Å². The van der Waals surface area contributed by atoms with Crippen molar-refractivity contribution in [1.82, 2.24) is 4.90 Å². The Kier molecular flexibility index (Phi) is 9.51. The summed E-state index contributed by atoms with van der Waals surface area (Å²) in [6, 6.07) is 10.8. The summed E-state index contributed by atoms with van der Waals surface area (Å²) >= 11 is 0. The third-order valence-corrected chi connectivity index (χ3v) is 8.34. The quantitative estimate of drug-likeness (QED) is 0.298. The minimum Gasteiger partial charge on any atom is -0.447 e. The summed E-state index contributed by atoms with van der Waals surface area (Å²) in [5.74, 6) is -0.0205. The van der Waals surface area contributed by atoms with Crippen molar-refractivity contribution in [2.24, 2.45) is 11.8 Å². The first kappa shape index (κ1) is 26.6. The van der Waals surface area contributed by atoms with Crippen LogP contribution in [0.15, 0.2) is 42.5 Å². The zero-order valence-corrected chi connectivity index (χ0v) is 22.4. The van der Waals surface area contributed by atoms with Crippen LogP contribution in [-0.4, -0.2) is 56.6 Å². The van der Waals surface area contributed by atoms with E-state index >= 15 is 0 Å². The van der Waals surface area contributed by atoms with E-state index in [9.17, 15) is 9.59 Å². The number of ether oxygens (including phenoxy) is 3. The summed E-state index contributed by atoms with van der Waals surface area (Å²) in [4.78, 5) is 26.6. The second kappa shape index (κ2) is 12.1. The van der Waals surface area contributed by atoms with E-state index in [1.165, 1.54) is 4.90 Å². The Morgan fingerprint density at radius 1 is 1.24 bits per heavy atom. The zero-order valence-electron chi connectivity index (χ0n) is 21.4. The standard InChI is InChI=1S/C27H41NO5Si/c1-20(26(29)28-23(19-32-27(28)30)18-22-12-7-6-8-13-22)11-9-10-14-24-21(2)17-25(33-24)31-15-16-34(3,4)5/h6-10,12-13,20-21,23-25H,11,14-19H2,1-5H3/t20-,21-,23+,24-,25+/m0/s1. The van der Waals surface area contributed by atoms with E-state index in [2.05, 4.69) is 32.6 Å². The van der Waals surface area contributed by atoms with Gasteiger partial charge in [-0.25, -0.2) is 9.69 Å². The molecule has 0 N–H and O–H groups in total. The molecule has 3 rings (SSSR count). The number of hydrogen-bond acceptors (Lipinski definition) is 5. The molecule has 0 spiro atoms. The molecule has 0 unspecified atom stereocenters. The molecule has 34 heavy (non-hydrogen) atoms. The molecule has 2 amide bonds. The minimum absolute atomic E-state index is 0.104. The van der Waals surface area contributed by atoms with E-state index in [1.54, 1.807) is 0 Å². The second-order valence-electron chi connectivity index (χ2n) is 11.0. The molecule has 0 aromatic heterocycles. The maximum absolute atomic E-state index is 13.0. The van der Waals surface area contributed by atoms with Crippen LogP contribution in [-0.2, 0) is 25.4 Å². The lowest BCUT2D eigenvalue weighted by Crippen LogP contribution is -2.42. The number of carbonyl (C=O) groups excluding carboxylic acids is 2. The lowest BCUT2D eigenvalue weighted by molar-refractivity contribution is -0.132. The number of amides is 2. The molecule has 1 aromatic carbocycles. The van der Waals surface area contributed by atoms with Crippen molar-refractivity contribution in [1.29, 1.82) is 0 Å². The monoisotopic (exact) mass is 487 g/mol. The average molecular weight is 488 g/mol. The van der Waals surface area contributed by atoms with Gasteiger partial charge in [-0.2, -0.15) is 0 Å². The van der Waals surface area contributed by atoms with E-state index in [0.717, 1.165) is 31.1 Å². The Bertz CT molecular complexity index is 837. The van der Waals surface area contributed by atoms with Crippen molar-refractivity contribution in [2.45, 2.75) is 83.7 Å². The van der Waals surface area contributed by atoms with E-state index in [0.29, 0.717) is 18.8 Å². The molecule has 1 aromatic rings. The van der Waals surface area contributed by atoms with Crippen LogP contribution in [0.5, 0.6) is 0 Å². The van der Waals surface area contributed by atoms with E-state index < -0.39 is 14.2 Å². The van der Waals surface area contributed by atoms with E-state index in [1.807, 2.05) is 43.3 Å². The van der Waals surface area contributed by atoms with Gasteiger partial charge in [-0.1, -0.05) is 76.0 Å². The third-order valence-electron chi connectivity index (χ3n) is 6.64. The summed E-state index contributed by atoms with van der Waals surface area (Å²) in [6.45, 7) is 12.2. The second-order valence-corrected chi connectivity index (χ2v) is 16.6. The number of benzene rings is 1. The molecule has 0 aliphatic carbocycles. The van der Waals surface area contributed by atoms with Crippen LogP contribution in [0, 0.1) is 11.8 Å². The number of imide groups is 1. The highest BCUT2D eigenvalue weighted by Gasteiger charge is 2.39. The van der Waals surface area contributed by atoms with Gasteiger partial charge in [0.2, 0.25) is 5.91 Å². The number of hydrogen-bond donors (Lipinski definition) is 0. The van der Waals surface area contributed by atoms with Gasteiger partial charge in [0.15, 0.2) is 6.29 Å². The molecule has 2 fully saturated rings. The van der Waals surface area contributed by atoms with Gasteiger partial charge in [-0.05, 0) is 36.8 Å². The zero-order chi connectivity index (χ0) is 24.7. The van der Waals surface area contributed by atoms with Gasteiger partial charge in [0.05, 0.1) is 12.1 Å². The highest BCUT2D eigenvalue weighted by molar-refractivity contribution is 6.76. The Hall–Kier alpha value is -1.96. The third kappa shape index (κ3) is 7.78. The molecule has 2 heterocycles. The normalized spacial score (nSPS) is 26.3. The van der Waals surface area contributed by atoms with Gasteiger partial charge in [0.25, 0.3) is 0 Å². The summed E-state index contributed by atoms with van der Waals surface area (Å²) in [6.07, 6.45) is 6.56. The van der Waals surface area contributed by atoms with Gasteiger partial charge in [-0.3, -0.25) is 4.79 Å². The molecule has 7 heteroatoms. The molecule has 188 valence electrons. The topological polar surface area (TPSA) is 65.1 Å². The molecule has 6 nitrogen and oxygen atoms in total. The summed E-state index contributed by atoms with van der Waals surface area (Å²) in [5, 5.41) is 0. The van der Waals surface area contributed by atoms with Crippen molar-refractivity contribution >= 4 is 20.1 Å². The van der Waals surface area contributed by atoms with Gasteiger partial charge >= 0.3 is 6.09 Å². The van der Waals surface area contributed by atoms with Gasteiger partial charge in [-0.15, -0.1) is 0 Å². The molecular weight excluding hydrogens is 446 g/mol. The van der Waals surface area contributed by atoms with E-state index in [4.69, 9.17) is 14.2 Å². The van der Waals surface area contributed by atoms with Crippen molar-refractivity contribution in [3.05, 3.63) is 48.0 Å². The first-order chi connectivity index (χ1) is 16.1. The van der Waals surface area contributed by atoms with Gasteiger partial charge in [0, 0.05) is 27.0 Å². The van der Waals surface area contributed by atoms with E-state index in [-0.39, 0.29) is 36.9 Å². The molecule has 0 radical (unpaired) electrons. The minimum atomic E-state index is -1.10. The first-order valence-corrected chi connectivity index (χ1v) is 16.3. The van der Waals surface area contributed by atoms with Crippen LogP contribution in [0.4, 0.5) is 4.79 Å². The number of allylic oxidation sites excluding steroid dienone is 1. The van der Waals surface area contributed by atoms with Gasteiger partial charge in [0.1, 0.15) is 6.61 Å². The number of cyclic esters (lactones) is 1. The first-order valence-electron chi connectivity index (χ1n) is 12.6. The molecule has 0 saturated carbocycles. The summed E-state index contributed by atoms with van der Waals surface area (Å²) < 4.78 is 17.3. The largest absolute Gasteiger partial charge is 0.447 e. The number of rotatable bonds is 11. The van der Waals surface area contributed by atoms with Crippen LogP contribution in [0.3, 0.4) is 0 Å². The molecule has 5 atom stereocenters. The fourth-order valence-corrected chi connectivity index (χ4v) is 5.10. The fourth-order valence-electron chi connectivity index (χ4n) is 4.37.